The monoisotopic (exact) mass is 237 g/mol. The minimum Gasteiger partial charge on any atom is -0.362 e. The normalized spacial score (nSPS) is 10.5. The molecule has 90 valence electrons. The lowest BCUT2D eigenvalue weighted by Gasteiger charge is -1.99. The summed E-state index contributed by atoms with van der Waals surface area (Å²) in [5.41, 5.74) is 2.81. The maximum atomic E-state index is 11.8. The summed E-state index contributed by atoms with van der Waals surface area (Å²) in [7, 11) is 0. The SMILES string of the molecule is Cc1ccc(C(=O)C=CNc2ccccc2)cc1. The van der Waals surface area contributed by atoms with Gasteiger partial charge in [0.1, 0.15) is 0 Å². The number of rotatable bonds is 4. The highest BCUT2D eigenvalue weighted by atomic mass is 16.1. The van der Waals surface area contributed by atoms with Crippen molar-refractivity contribution in [2.24, 2.45) is 0 Å². The molecule has 0 aliphatic carbocycles. The van der Waals surface area contributed by atoms with Crippen LogP contribution in [0.25, 0.3) is 0 Å². The summed E-state index contributed by atoms with van der Waals surface area (Å²) < 4.78 is 0. The van der Waals surface area contributed by atoms with Crippen LogP contribution in [0.4, 0.5) is 5.69 Å². The Morgan fingerprint density at radius 1 is 1.00 bits per heavy atom. The predicted octanol–water partition coefficient (Wildman–Crippen LogP) is 3.80. The summed E-state index contributed by atoms with van der Waals surface area (Å²) in [5, 5.41) is 3.06. The molecule has 0 heterocycles. The van der Waals surface area contributed by atoms with Crippen molar-refractivity contribution in [1.82, 2.24) is 0 Å². The van der Waals surface area contributed by atoms with Crippen molar-refractivity contribution < 1.29 is 4.79 Å². The maximum Gasteiger partial charge on any atom is 0.187 e. The lowest BCUT2D eigenvalue weighted by atomic mass is 10.1. The van der Waals surface area contributed by atoms with Crippen LogP contribution < -0.4 is 5.32 Å². The molecule has 0 bridgehead atoms. The van der Waals surface area contributed by atoms with Crippen LogP contribution in [0.2, 0.25) is 0 Å². The fraction of sp³-hybridized carbons (Fsp3) is 0.0625. The molecule has 0 saturated heterocycles. The third-order valence-electron chi connectivity index (χ3n) is 2.59. The Labute approximate surface area is 107 Å². The number of carbonyl (C=O) groups is 1. The van der Waals surface area contributed by atoms with Crippen LogP contribution in [0.1, 0.15) is 15.9 Å². The van der Waals surface area contributed by atoms with Gasteiger partial charge in [-0.2, -0.15) is 0 Å². The van der Waals surface area contributed by atoms with Gasteiger partial charge in [-0.25, -0.2) is 0 Å². The Hall–Kier alpha value is -2.35. The summed E-state index contributed by atoms with van der Waals surface area (Å²) >= 11 is 0. The van der Waals surface area contributed by atoms with Gasteiger partial charge in [-0.15, -0.1) is 0 Å². The van der Waals surface area contributed by atoms with Crippen molar-refractivity contribution in [1.29, 1.82) is 0 Å². The van der Waals surface area contributed by atoms with Gasteiger partial charge in [0, 0.05) is 23.5 Å². The molecular weight excluding hydrogens is 222 g/mol. The van der Waals surface area contributed by atoms with Crippen molar-refractivity contribution in [2.75, 3.05) is 5.32 Å². The summed E-state index contributed by atoms with van der Waals surface area (Å²) in [6.07, 6.45) is 3.20. The second-order valence-corrected chi connectivity index (χ2v) is 4.07. The molecule has 0 radical (unpaired) electrons. The van der Waals surface area contributed by atoms with Gasteiger partial charge in [-0.1, -0.05) is 48.0 Å². The van der Waals surface area contributed by atoms with E-state index in [-0.39, 0.29) is 5.78 Å². The van der Waals surface area contributed by atoms with Crippen LogP contribution in [0.3, 0.4) is 0 Å². The van der Waals surface area contributed by atoms with Crippen LogP contribution in [-0.4, -0.2) is 5.78 Å². The van der Waals surface area contributed by atoms with E-state index in [9.17, 15) is 4.79 Å². The zero-order valence-electron chi connectivity index (χ0n) is 10.3. The Kier molecular flexibility index (Phi) is 3.92. The Balaban J connectivity index is 1.97. The topological polar surface area (TPSA) is 29.1 Å². The van der Waals surface area contributed by atoms with Gasteiger partial charge in [0.05, 0.1) is 0 Å². The van der Waals surface area contributed by atoms with Crippen LogP contribution >= 0.6 is 0 Å². The van der Waals surface area contributed by atoms with Gasteiger partial charge in [0.15, 0.2) is 5.78 Å². The number of hydrogen-bond donors (Lipinski definition) is 1. The van der Waals surface area contributed by atoms with E-state index in [0.717, 1.165) is 11.3 Å². The minimum atomic E-state index is -0.00145. The number of para-hydroxylation sites is 1. The number of hydrogen-bond acceptors (Lipinski definition) is 2. The first-order valence-electron chi connectivity index (χ1n) is 5.85. The quantitative estimate of drug-likeness (QED) is 0.647. The van der Waals surface area contributed by atoms with Gasteiger partial charge >= 0.3 is 0 Å². The molecule has 2 heteroatoms. The molecule has 0 aliphatic rings. The molecule has 0 aliphatic heterocycles. The highest BCUT2D eigenvalue weighted by Gasteiger charge is 1.99. The molecule has 2 rings (SSSR count). The molecular formula is C16H15NO. The van der Waals surface area contributed by atoms with Gasteiger partial charge in [0.25, 0.3) is 0 Å². The van der Waals surface area contributed by atoms with E-state index < -0.39 is 0 Å². The first kappa shape index (κ1) is 12.1. The van der Waals surface area contributed by atoms with Crippen LogP contribution in [-0.2, 0) is 0 Å². The first-order chi connectivity index (χ1) is 8.75. The van der Waals surface area contributed by atoms with Gasteiger partial charge in [0.2, 0.25) is 0 Å². The molecule has 18 heavy (non-hydrogen) atoms. The smallest absolute Gasteiger partial charge is 0.187 e. The van der Waals surface area contributed by atoms with Crippen LogP contribution in [0.5, 0.6) is 0 Å². The molecule has 2 nitrogen and oxygen atoms in total. The molecule has 0 amide bonds. The number of benzene rings is 2. The zero-order chi connectivity index (χ0) is 12.8. The molecule has 0 atom stereocenters. The van der Waals surface area contributed by atoms with E-state index >= 15 is 0 Å². The molecule has 1 N–H and O–H groups in total. The molecule has 2 aromatic carbocycles. The molecule has 0 unspecified atom stereocenters. The third kappa shape index (κ3) is 3.32. The van der Waals surface area contributed by atoms with E-state index in [4.69, 9.17) is 0 Å². The maximum absolute atomic E-state index is 11.8. The van der Waals surface area contributed by atoms with Crippen molar-refractivity contribution in [3.05, 3.63) is 78.0 Å². The fourth-order valence-corrected chi connectivity index (χ4v) is 1.56. The van der Waals surface area contributed by atoms with Crippen molar-refractivity contribution in [3.63, 3.8) is 0 Å². The second-order valence-electron chi connectivity index (χ2n) is 4.07. The second kappa shape index (κ2) is 5.82. The Morgan fingerprint density at radius 3 is 2.33 bits per heavy atom. The number of allylic oxidation sites excluding steroid dienone is 1. The lowest BCUT2D eigenvalue weighted by Crippen LogP contribution is -1.96. The summed E-state index contributed by atoms with van der Waals surface area (Å²) in [4.78, 5) is 11.8. The molecule has 0 spiro atoms. The van der Waals surface area contributed by atoms with E-state index in [0.29, 0.717) is 5.56 Å². The van der Waals surface area contributed by atoms with E-state index in [1.165, 1.54) is 6.08 Å². The average molecular weight is 237 g/mol. The fourth-order valence-electron chi connectivity index (χ4n) is 1.56. The summed E-state index contributed by atoms with van der Waals surface area (Å²) in [6.45, 7) is 2.00. The number of aryl methyl sites for hydroxylation is 1. The summed E-state index contributed by atoms with van der Waals surface area (Å²) in [5.74, 6) is -0.00145. The molecule has 0 fully saturated rings. The highest BCUT2D eigenvalue weighted by molar-refractivity contribution is 6.04. The van der Waals surface area contributed by atoms with Gasteiger partial charge in [-0.05, 0) is 19.1 Å². The largest absolute Gasteiger partial charge is 0.362 e. The standard InChI is InChI=1S/C16H15NO/c1-13-7-9-14(10-8-13)16(18)11-12-17-15-5-3-2-4-6-15/h2-12,17H,1H3. The summed E-state index contributed by atoms with van der Waals surface area (Å²) in [6, 6.07) is 17.3. The minimum absolute atomic E-state index is 0.00145. The van der Waals surface area contributed by atoms with Crippen molar-refractivity contribution in [2.45, 2.75) is 6.92 Å². The van der Waals surface area contributed by atoms with Crippen molar-refractivity contribution in [3.8, 4) is 0 Å². The molecule has 2 aromatic rings. The van der Waals surface area contributed by atoms with Crippen molar-refractivity contribution >= 4 is 11.5 Å². The number of carbonyl (C=O) groups excluding carboxylic acids is 1. The van der Waals surface area contributed by atoms with Crippen LogP contribution in [0, 0.1) is 6.92 Å². The van der Waals surface area contributed by atoms with E-state index in [2.05, 4.69) is 5.32 Å². The first-order valence-corrected chi connectivity index (χ1v) is 5.85. The average Bonchev–Trinajstić information content (AvgIpc) is 2.40. The van der Waals surface area contributed by atoms with E-state index in [1.54, 1.807) is 6.20 Å². The van der Waals surface area contributed by atoms with E-state index in [1.807, 2.05) is 61.5 Å². The number of nitrogens with one attached hydrogen (secondary N) is 1. The number of anilines is 1. The van der Waals surface area contributed by atoms with Gasteiger partial charge in [-0.3, -0.25) is 4.79 Å². The zero-order valence-corrected chi connectivity index (χ0v) is 10.3. The highest BCUT2D eigenvalue weighted by Crippen LogP contribution is 2.06. The Bertz CT molecular complexity index is 541. The van der Waals surface area contributed by atoms with Crippen LogP contribution in [0.15, 0.2) is 66.9 Å². The molecule has 0 saturated carbocycles. The Morgan fingerprint density at radius 2 is 1.67 bits per heavy atom. The lowest BCUT2D eigenvalue weighted by molar-refractivity contribution is 0.104. The molecule has 0 aromatic heterocycles. The predicted molar refractivity (Wildman–Crippen MR) is 74.7 cm³/mol. The number of ketones is 1. The third-order valence-corrected chi connectivity index (χ3v) is 2.59. The van der Waals surface area contributed by atoms with Gasteiger partial charge < -0.3 is 5.32 Å².